The average molecular weight is 271 g/mol. The van der Waals surface area contributed by atoms with Crippen LogP contribution in [0.5, 0.6) is 0 Å². The van der Waals surface area contributed by atoms with Crippen molar-refractivity contribution in [2.75, 3.05) is 5.32 Å². The molecule has 17 heavy (non-hydrogen) atoms. The molecule has 0 aliphatic heterocycles. The van der Waals surface area contributed by atoms with E-state index in [4.69, 9.17) is 23.2 Å². The number of nitrogens with zero attached hydrogens (tertiary/aromatic N) is 1. The van der Waals surface area contributed by atoms with Gasteiger partial charge >= 0.3 is 0 Å². The number of halogens is 3. The van der Waals surface area contributed by atoms with Crippen molar-refractivity contribution in [2.45, 2.75) is 6.54 Å². The fourth-order valence-electron chi connectivity index (χ4n) is 1.36. The molecule has 2 nitrogen and oxygen atoms in total. The molecule has 0 unspecified atom stereocenters. The van der Waals surface area contributed by atoms with Crippen LogP contribution in [0.1, 0.15) is 5.56 Å². The monoisotopic (exact) mass is 270 g/mol. The standard InChI is InChI=1S/C12H9Cl2FN2/c13-9-5-4-8(10(14)6-9)7-16-12-3-1-2-11(15)17-12/h1-6H,7H2,(H,16,17). The SMILES string of the molecule is Fc1cccc(NCc2ccc(Cl)cc2Cl)n1. The first-order valence-corrected chi connectivity index (χ1v) is 5.71. The molecule has 2 rings (SSSR count). The van der Waals surface area contributed by atoms with Crippen molar-refractivity contribution < 1.29 is 4.39 Å². The second-order valence-corrected chi connectivity index (χ2v) is 4.28. The molecule has 1 aromatic carbocycles. The topological polar surface area (TPSA) is 24.9 Å². The normalized spacial score (nSPS) is 10.3. The van der Waals surface area contributed by atoms with E-state index in [-0.39, 0.29) is 0 Å². The third kappa shape index (κ3) is 3.32. The molecule has 0 spiro atoms. The van der Waals surface area contributed by atoms with Crippen molar-refractivity contribution in [1.82, 2.24) is 4.98 Å². The number of rotatable bonds is 3. The van der Waals surface area contributed by atoms with Crippen LogP contribution in [0.15, 0.2) is 36.4 Å². The fraction of sp³-hybridized carbons (Fsp3) is 0.0833. The molecule has 0 atom stereocenters. The van der Waals surface area contributed by atoms with Crippen LogP contribution in [0.4, 0.5) is 10.2 Å². The molecule has 0 bridgehead atoms. The van der Waals surface area contributed by atoms with Crippen molar-refractivity contribution in [3.8, 4) is 0 Å². The highest BCUT2D eigenvalue weighted by Gasteiger charge is 2.02. The summed E-state index contributed by atoms with van der Waals surface area (Å²) in [6, 6.07) is 9.81. The molecule has 5 heteroatoms. The molecular weight excluding hydrogens is 262 g/mol. The van der Waals surface area contributed by atoms with Crippen molar-refractivity contribution in [3.05, 3.63) is 58.0 Å². The van der Waals surface area contributed by atoms with Crippen molar-refractivity contribution >= 4 is 29.0 Å². The Morgan fingerprint density at radius 1 is 1.18 bits per heavy atom. The number of anilines is 1. The maximum absolute atomic E-state index is 12.8. The number of nitrogens with one attached hydrogen (secondary N) is 1. The second-order valence-electron chi connectivity index (χ2n) is 3.43. The van der Waals surface area contributed by atoms with Gasteiger partial charge in [0, 0.05) is 16.6 Å². The summed E-state index contributed by atoms with van der Waals surface area (Å²) in [7, 11) is 0. The third-order valence-electron chi connectivity index (χ3n) is 2.19. The van der Waals surface area contributed by atoms with E-state index in [0.717, 1.165) is 5.56 Å². The van der Waals surface area contributed by atoms with Gasteiger partial charge in [0.05, 0.1) is 0 Å². The Labute approximate surface area is 108 Å². The first kappa shape index (κ1) is 12.1. The van der Waals surface area contributed by atoms with E-state index < -0.39 is 5.95 Å². The van der Waals surface area contributed by atoms with Crippen LogP contribution in [-0.4, -0.2) is 4.98 Å². The molecule has 1 heterocycles. The lowest BCUT2D eigenvalue weighted by atomic mass is 10.2. The molecule has 88 valence electrons. The van der Waals surface area contributed by atoms with Gasteiger partial charge in [-0.05, 0) is 29.8 Å². The van der Waals surface area contributed by atoms with Crippen LogP contribution in [0.3, 0.4) is 0 Å². The first-order chi connectivity index (χ1) is 8.15. The number of pyridine rings is 1. The van der Waals surface area contributed by atoms with Gasteiger partial charge in [-0.1, -0.05) is 35.3 Å². The highest BCUT2D eigenvalue weighted by molar-refractivity contribution is 6.35. The number of hydrogen-bond donors (Lipinski definition) is 1. The minimum absolute atomic E-state index is 0.465. The van der Waals surface area contributed by atoms with Gasteiger partial charge in [0.25, 0.3) is 0 Å². The average Bonchev–Trinajstić information content (AvgIpc) is 2.28. The highest BCUT2D eigenvalue weighted by Crippen LogP contribution is 2.21. The fourth-order valence-corrected chi connectivity index (χ4v) is 1.83. The maximum atomic E-state index is 12.8. The minimum atomic E-state index is -0.516. The smallest absolute Gasteiger partial charge is 0.214 e. The van der Waals surface area contributed by atoms with E-state index in [1.807, 2.05) is 6.07 Å². The summed E-state index contributed by atoms with van der Waals surface area (Å²) >= 11 is 11.8. The predicted octanol–water partition coefficient (Wildman–Crippen LogP) is 4.14. The van der Waals surface area contributed by atoms with E-state index in [1.54, 1.807) is 24.3 Å². The van der Waals surface area contributed by atoms with Crippen molar-refractivity contribution in [2.24, 2.45) is 0 Å². The highest BCUT2D eigenvalue weighted by atomic mass is 35.5. The molecular formula is C12H9Cl2FN2. The van der Waals surface area contributed by atoms with Crippen LogP contribution in [0, 0.1) is 5.95 Å². The lowest BCUT2D eigenvalue weighted by molar-refractivity contribution is 0.585. The summed E-state index contributed by atoms with van der Waals surface area (Å²) in [5, 5.41) is 4.14. The molecule has 0 aliphatic rings. The van der Waals surface area contributed by atoms with Gasteiger partial charge in [0.15, 0.2) is 0 Å². The summed E-state index contributed by atoms with van der Waals surface area (Å²) < 4.78 is 12.8. The van der Waals surface area contributed by atoms with E-state index in [2.05, 4.69) is 10.3 Å². The van der Waals surface area contributed by atoms with Gasteiger partial charge in [0.2, 0.25) is 5.95 Å². The molecule has 1 aromatic heterocycles. The number of hydrogen-bond acceptors (Lipinski definition) is 2. The summed E-state index contributed by atoms with van der Waals surface area (Å²) in [6.45, 7) is 0.465. The molecule has 0 saturated carbocycles. The van der Waals surface area contributed by atoms with Crippen LogP contribution in [0.25, 0.3) is 0 Å². The Morgan fingerprint density at radius 2 is 2.00 bits per heavy atom. The maximum Gasteiger partial charge on any atom is 0.214 e. The molecule has 0 saturated heterocycles. The van der Waals surface area contributed by atoms with E-state index >= 15 is 0 Å². The van der Waals surface area contributed by atoms with Gasteiger partial charge in [0.1, 0.15) is 5.82 Å². The number of benzene rings is 1. The summed E-state index contributed by atoms with van der Waals surface area (Å²) in [5.74, 6) is -0.0479. The van der Waals surface area contributed by atoms with Gasteiger partial charge in [-0.2, -0.15) is 4.39 Å². The van der Waals surface area contributed by atoms with E-state index in [0.29, 0.717) is 22.4 Å². The molecule has 0 aliphatic carbocycles. The number of aromatic nitrogens is 1. The second kappa shape index (κ2) is 5.34. The van der Waals surface area contributed by atoms with Crippen LogP contribution >= 0.6 is 23.2 Å². The quantitative estimate of drug-likeness (QED) is 0.848. The van der Waals surface area contributed by atoms with Crippen molar-refractivity contribution in [1.29, 1.82) is 0 Å². The van der Waals surface area contributed by atoms with Gasteiger partial charge < -0.3 is 5.32 Å². The third-order valence-corrected chi connectivity index (χ3v) is 2.78. The zero-order valence-corrected chi connectivity index (χ0v) is 10.3. The van der Waals surface area contributed by atoms with Crippen LogP contribution in [0.2, 0.25) is 10.0 Å². The molecule has 0 amide bonds. The van der Waals surface area contributed by atoms with Gasteiger partial charge in [-0.3, -0.25) is 0 Å². The van der Waals surface area contributed by atoms with Crippen molar-refractivity contribution in [3.63, 3.8) is 0 Å². The molecule has 0 fully saturated rings. The lowest BCUT2D eigenvalue weighted by Crippen LogP contribution is -2.02. The zero-order valence-electron chi connectivity index (χ0n) is 8.75. The van der Waals surface area contributed by atoms with Gasteiger partial charge in [-0.15, -0.1) is 0 Å². The Balaban J connectivity index is 2.07. The Morgan fingerprint density at radius 3 is 2.71 bits per heavy atom. The largest absolute Gasteiger partial charge is 0.366 e. The summed E-state index contributed by atoms with van der Waals surface area (Å²) in [4.78, 5) is 3.69. The summed E-state index contributed by atoms with van der Waals surface area (Å²) in [5.41, 5.74) is 0.877. The Bertz CT molecular complexity index is 532. The Hall–Kier alpha value is -1.32. The van der Waals surface area contributed by atoms with Crippen LogP contribution < -0.4 is 5.32 Å². The zero-order chi connectivity index (χ0) is 12.3. The van der Waals surface area contributed by atoms with E-state index in [1.165, 1.54) is 6.07 Å². The first-order valence-electron chi connectivity index (χ1n) is 4.95. The predicted molar refractivity (Wildman–Crippen MR) is 68.0 cm³/mol. The van der Waals surface area contributed by atoms with Crippen LogP contribution in [-0.2, 0) is 6.54 Å². The molecule has 2 aromatic rings. The molecule has 0 radical (unpaired) electrons. The lowest BCUT2D eigenvalue weighted by Gasteiger charge is -2.07. The molecule has 1 N–H and O–H groups in total. The summed E-state index contributed by atoms with van der Waals surface area (Å²) in [6.07, 6.45) is 0. The van der Waals surface area contributed by atoms with Gasteiger partial charge in [-0.25, -0.2) is 4.98 Å². The van der Waals surface area contributed by atoms with E-state index in [9.17, 15) is 4.39 Å². The minimum Gasteiger partial charge on any atom is -0.366 e. The Kier molecular flexibility index (Phi) is 3.82.